The van der Waals surface area contributed by atoms with Crippen molar-refractivity contribution in [2.45, 2.75) is 39.7 Å². The summed E-state index contributed by atoms with van der Waals surface area (Å²) in [6, 6.07) is 0. The molecular formula is C14H31N2Na3O8Si. The molecule has 10 nitrogen and oxygen atoms in total. The van der Waals surface area contributed by atoms with Gasteiger partial charge in [-0.3, -0.25) is 0 Å². The van der Waals surface area contributed by atoms with Crippen molar-refractivity contribution in [3.05, 3.63) is 0 Å². The molecule has 0 aromatic heterocycles. The van der Waals surface area contributed by atoms with Crippen LogP contribution in [0.5, 0.6) is 0 Å². The Balaban J connectivity index is -0.0000000493. The van der Waals surface area contributed by atoms with Crippen LogP contribution in [0.4, 0.5) is 0 Å². The van der Waals surface area contributed by atoms with Crippen molar-refractivity contribution in [3.63, 3.8) is 0 Å². The van der Waals surface area contributed by atoms with Gasteiger partial charge in [-0.1, -0.05) is 6.92 Å². The molecule has 0 saturated heterocycles. The molecule has 0 rings (SSSR count). The van der Waals surface area contributed by atoms with Gasteiger partial charge in [0, 0.05) is 45.2 Å². The summed E-state index contributed by atoms with van der Waals surface area (Å²) in [7, 11) is 2.04. The van der Waals surface area contributed by atoms with E-state index in [9.17, 15) is 0 Å². The third-order valence-electron chi connectivity index (χ3n) is 2.03. The van der Waals surface area contributed by atoms with Gasteiger partial charge >= 0.3 is 98.0 Å². The van der Waals surface area contributed by atoms with E-state index in [1.165, 1.54) is 0 Å². The van der Waals surface area contributed by atoms with Gasteiger partial charge in [0.15, 0.2) is 0 Å². The van der Waals surface area contributed by atoms with E-state index in [-0.39, 0.29) is 88.7 Å². The van der Waals surface area contributed by atoms with Crippen molar-refractivity contribution < 1.29 is 127 Å². The molecule has 0 spiro atoms. The number of aliphatic carboxylic acids is 3. The Labute approximate surface area is 236 Å². The van der Waals surface area contributed by atoms with Crippen molar-refractivity contribution in [2.24, 2.45) is 5.73 Å². The van der Waals surface area contributed by atoms with E-state index in [4.69, 9.17) is 44.3 Å². The first-order chi connectivity index (χ1) is 11.5. The topological polar surface area (TPSA) is 177 Å². The van der Waals surface area contributed by atoms with Crippen LogP contribution in [-0.4, -0.2) is 61.0 Å². The molecule has 1 atom stereocenters. The molecule has 0 aromatic rings. The van der Waals surface area contributed by atoms with Crippen LogP contribution in [0.25, 0.3) is 0 Å². The van der Waals surface area contributed by atoms with Crippen LogP contribution in [0.1, 0.15) is 34.1 Å². The van der Waals surface area contributed by atoms with Crippen molar-refractivity contribution >= 4 is 27.2 Å². The zero-order valence-electron chi connectivity index (χ0n) is 18.8. The predicted molar refractivity (Wildman–Crippen MR) is 89.2 cm³/mol. The van der Waals surface area contributed by atoms with E-state index in [1.54, 1.807) is 14.2 Å². The fourth-order valence-corrected chi connectivity index (χ4v) is 2.81. The maximum Gasteiger partial charge on any atom is 1.00 e. The summed E-state index contributed by atoms with van der Waals surface area (Å²) in [5.74, 6) is -3.25. The summed E-state index contributed by atoms with van der Waals surface area (Å²) >= 11 is 0. The third kappa shape index (κ3) is 80.4. The fraction of sp³-hybridized carbons (Fsp3) is 0.786. The monoisotopic (exact) mass is 452 g/mol. The first kappa shape index (κ1) is 47.3. The van der Waals surface area contributed by atoms with Crippen molar-refractivity contribution in [3.8, 4) is 0 Å². The van der Waals surface area contributed by atoms with Crippen LogP contribution >= 0.6 is 0 Å². The molecule has 0 heterocycles. The van der Waals surface area contributed by atoms with E-state index in [0.717, 1.165) is 40.3 Å². The standard InChI is InChI=1S/C8H22N2O2Si.3C2H4O2.3Na/c1-8(13(11-2)12-3)4-6-10-7-5-9;3*1-2(3)4;;;/h8,10,13H,4-7,9H2,1-3H3;3*1H3,(H,3,4);;;/q;;;;3*+1/p-3. The second kappa shape index (κ2) is 39.0. The summed E-state index contributed by atoms with van der Waals surface area (Å²) in [5, 5.41) is 29.9. The van der Waals surface area contributed by atoms with Gasteiger partial charge in [0.05, 0.1) is 0 Å². The molecule has 0 bridgehead atoms. The molecule has 1 unspecified atom stereocenters. The summed E-state index contributed by atoms with van der Waals surface area (Å²) in [6.45, 7) is 7.67. The first-order valence-electron chi connectivity index (χ1n) is 7.45. The Hall–Kier alpha value is 1.47. The quantitative estimate of drug-likeness (QED) is 0.265. The van der Waals surface area contributed by atoms with E-state index >= 15 is 0 Å². The smallest absolute Gasteiger partial charge is 0.550 e. The summed E-state index contributed by atoms with van der Waals surface area (Å²) in [5.41, 5.74) is 5.90. The number of nitrogens with two attached hydrogens (primary N) is 1. The Morgan fingerprint density at radius 2 is 1.18 bits per heavy atom. The average Bonchev–Trinajstić information content (AvgIpc) is 2.43. The van der Waals surface area contributed by atoms with Gasteiger partial charge in [-0.05, 0) is 39.3 Å². The molecule has 0 saturated carbocycles. The minimum absolute atomic E-state index is 0. The van der Waals surface area contributed by atoms with Crippen molar-refractivity contribution in [1.82, 2.24) is 5.32 Å². The molecule has 0 amide bonds. The van der Waals surface area contributed by atoms with E-state index in [2.05, 4.69) is 12.2 Å². The second-order valence-corrected chi connectivity index (χ2v) is 7.44. The Kier molecular flexibility index (Phi) is 65.9. The summed E-state index contributed by atoms with van der Waals surface area (Å²) in [6.07, 6.45) is 1.10. The van der Waals surface area contributed by atoms with E-state index in [0.29, 0.717) is 12.1 Å². The van der Waals surface area contributed by atoms with Gasteiger partial charge in [0.2, 0.25) is 0 Å². The fourth-order valence-electron chi connectivity index (χ4n) is 1.25. The van der Waals surface area contributed by atoms with Gasteiger partial charge < -0.3 is 49.6 Å². The van der Waals surface area contributed by atoms with Crippen molar-refractivity contribution in [2.75, 3.05) is 33.9 Å². The number of carboxylic acid groups (broad SMARTS) is 3. The normalized spacial score (nSPS) is 9.00. The summed E-state index contributed by atoms with van der Waals surface area (Å²) in [4.78, 5) is 26.7. The van der Waals surface area contributed by atoms with E-state index in [1.807, 2.05) is 0 Å². The minimum Gasteiger partial charge on any atom is -0.550 e. The SMILES string of the molecule is CC(=O)[O-].CC(=O)[O-].CC(=O)[O-].CO[SiH](OC)C(C)CCNCCN.[Na+].[Na+].[Na+]. The number of hydrogen-bond donors (Lipinski definition) is 2. The summed E-state index contributed by atoms with van der Waals surface area (Å²) < 4.78 is 10.6. The van der Waals surface area contributed by atoms with Crippen LogP contribution < -0.4 is 115 Å². The number of carbonyl (C=O) groups excluding carboxylic acids is 3. The van der Waals surface area contributed by atoms with Crippen LogP contribution in [0.2, 0.25) is 5.54 Å². The molecule has 0 aliphatic carbocycles. The zero-order chi connectivity index (χ0) is 20.8. The minimum atomic E-state index is -1.41. The van der Waals surface area contributed by atoms with Crippen LogP contribution in [-0.2, 0) is 23.2 Å². The molecule has 0 fully saturated rings. The molecule has 152 valence electrons. The van der Waals surface area contributed by atoms with Crippen LogP contribution in [0, 0.1) is 0 Å². The van der Waals surface area contributed by atoms with E-state index < -0.39 is 27.2 Å². The predicted octanol–water partition coefficient (Wildman–Crippen LogP) is -12.9. The number of hydrogen-bond acceptors (Lipinski definition) is 10. The van der Waals surface area contributed by atoms with Crippen molar-refractivity contribution in [1.29, 1.82) is 0 Å². The third-order valence-corrected chi connectivity index (χ3v) is 4.22. The van der Waals surface area contributed by atoms with Crippen LogP contribution in [0.3, 0.4) is 0 Å². The first-order valence-corrected chi connectivity index (χ1v) is 9.06. The number of nitrogens with one attached hydrogen (secondary N) is 1. The number of carbonyl (C=O) groups is 3. The van der Waals surface area contributed by atoms with Gasteiger partial charge in [-0.2, -0.15) is 0 Å². The molecule has 28 heavy (non-hydrogen) atoms. The number of rotatable bonds is 8. The zero-order valence-corrected chi connectivity index (χ0v) is 26.0. The molecule has 0 aliphatic rings. The van der Waals surface area contributed by atoms with Gasteiger partial charge in [-0.15, -0.1) is 0 Å². The Morgan fingerprint density at radius 1 is 0.893 bits per heavy atom. The number of carboxylic acids is 3. The Morgan fingerprint density at radius 3 is 1.39 bits per heavy atom. The maximum atomic E-state index is 8.89. The Bertz CT molecular complexity index is 301. The average molecular weight is 452 g/mol. The molecule has 0 radical (unpaired) electrons. The second-order valence-electron chi connectivity index (χ2n) is 4.62. The van der Waals surface area contributed by atoms with Crippen LogP contribution in [0.15, 0.2) is 0 Å². The molecule has 3 N–H and O–H groups in total. The molecule has 14 heteroatoms. The molecular weight excluding hydrogens is 421 g/mol. The largest absolute Gasteiger partial charge is 1.00 e. The molecule has 0 aromatic carbocycles. The maximum absolute atomic E-state index is 8.89. The molecule has 0 aliphatic heterocycles. The van der Waals surface area contributed by atoms with Gasteiger partial charge in [0.1, 0.15) is 0 Å². The van der Waals surface area contributed by atoms with Gasteiger partial charge in [0.25, 0.3) is 0 Å². The van der Waals surface area contributed by atoms with Gasteiger partial charge in [-0.25, -0.2) is 0 Å².